The number of methoxy groups -OCH3 is 1. The molecule has 2 aliphatic rings. The molecule has 1 N–H and O–H groups in total. The zero-order chi connectivity index (χ0) is 16.7. The Hall–Kier alpha value is -1.14. The Morgan fingerprint density at radius 2 is 1.87 bits per heavy atom. The highest BCUT2D eigenvalue weighted by molar-refractivity contribution is 5.77. The van der Waals surface area contributed by atoms with Crippen LogP contribution in [0.1, 0.15) is 38.5 Å². The van der Waals surface area contributed by atoms with Gasteiger partial charge in [-0.3, -0.25) is 9.59 Å². The summed E-state index contributed by atoms with van der Waals surface area (Å²) in [6.45, 7) is 4.77. The third-order valence-electron chi connectivity index (χ3n) is 5.21. The Kier molecular flexibility index (Phi) is 7.30. The number of carbonyl (C=O) groups excluding carboxylic acids is 1. The number of likely N-dealkylation sites (tertiary alicyclic amines) is 2. The molecule has 6 heteroatoms. The van der Waals surface area contributed by atoms with Crippen LogP contribution in [0.3, 0.4) is 0 Å². The van der Waals surface area contributed by atoms with E-state index in [2.05, 4.69) is 4.90 Å². The minimum atomic E-state index is -0.727. The number of nitrogens with zero attached hydrogens (tertiary/aromatic N) is 2. The van der Waals surface area contributed by atoms with Crippen LogP contribution < -0.4 is 0 Å². The highest BCUT2D eigenvalue weighted by Crippen LogP contribution is 2.30. The summed E-state index contributed by atoms with van der Waals surface area (Å²) in [4.78, 5) is 27.5. The Labute approximate surface area is 138 Å². The van der Waals surface area contributed by atoms with Crippen molar-refractivity contribution in [2.45, 2.75) is 38.5 Å². The number of aliphatic carboxylic acids is 1. The number of piperidine rings is 2. The third kappa shape index (κ3) is 5.77. The molecule has 23 heavy (non-hydrogen) atoms. The summed E-state index contributed by atoms with van der Waals surface area (Å²) in [5.41, 5.74) is 0. The molecule has 2 atom stereocenters. The minimum absolute atomic E-state index is 0.0178. The highest BCUT2D eigenvalue weighted by Gasteiger charge is 2.32. The Balaban J connectivity index is 1.90. The summed E-state index contributed by atoms with van der Waals surface area (Å²) in [6.07, 6.45) is 5.84. The van der Waals surface area contributed by atoms with Crippen molar-refractivity contribution in [3.63, 3.8) is 0 Å². The molecular weight excluding hydrogens is 296 g/mol. The lowest BCUT2D eigenvalue weighted by Crippen LogP contribution is -2.46. The molecule has 2 heterocycles. The molecule has 2 aliphatic heterocycles. The number of amides is 1. The van der Waals surface area contributed by atoms with E-state index in [9.17, 15) is 9.59 Å². The number of carboxylic acids is 1. The lowest BCUT2D eigenvalue weighted by atomic mass is 9.81. The lowest BCUT2D eigenvalue weighted by molar-refractivity contribution is -0.141. The largest absolute Gasteiger partial charge is 0.481 e. The van der Waals surface area contributed by atoms with E-state index < -0.39 is 5.97 Å². The fourth-order valence-corrected chi connectivity index (χ4v) is 3.87. The fourth-order valence-electron chi connectivity index (χ4n) is 3.87. The molecular formula is C17H30N2O4. The van der Waals surface area contributed by atoms with Crippen LogP contribution in [0.4, 0.5) is 0 Å². The van der Waals surface area contributed by atoms with E-state index in [-0.39, 0.29) is 30.8 Å². The summed E-state index contributed by atoms with van der Waals surface area (Å²) in [5, 5.41) is 9.15. The van der Waals surface area contributed by atoms with Crippen molar-refractivity contribution in [2.75, 3.05) is 46.4 Å². The standard InChI is InChI=1S/C17H30N2O4/c1-23-13-16(20)19-10-6-14(11-17(21)22)15(12-19)5-9-18-7-3-2-4-8-18/h14-15H,2-13H2,1H3,(H,21,22). The van der Waals surface area contributed by atoms with Crippen LogP contribution in [0.25, 0.3) is 0 Å². The molecule has 0 bridgehead atoms. The molecule has 0 aromatic carbocycles. The van der Waals surface area contributed by atoms with Crippen molar-refractivity contribution in [3.8, 4) is 0 Å². The van der Waals surface area contributed by atoms with Gasteiger partial charge in [0.05, 0.1) is 0 Å². The van der Waals surface area contributed by atoms with Crippen LogP contribution >= 0.6 is 0 Å². The van der Waals surface area contributed by atoms with Crippen LogP contribution in [0.5, 0.6) is 0 Å². The molecule has 132 valence electrons. The predicted molar refractivity (Wildman–Crippen MR) is 87.2 cm³/mol. The summed E-state index contributed by atoms with van der Waals surface area (Å²) >= 11 is 0. The van der Waals surface area contributed by atoms with Gasteiger partial charge in [-0.1, -0.05) is 6.42 Å². The highest BCUT2D eigenvalue weighted by atomic mass is 16.5. The Morgan fingerprint density at radius 3 is 2.52 bits per heavy atom. The number of rotatable bonds is 7. The zero-order valence-electron chi connectivity index (χ0n) is 14.2. The SMILES string of the molecule is COCC(=O)N1CCC(CC(=O)O)C(CCN2CCCCC2)C1. The number of ether oxygens (including phenoxy) is 1. The van der Waals surface area contributed by atoms with Crippen molar-refractivity contribution in [3.05, 3.63) is 0 Å². The first-order chi connectivity index (χ1) is 11.1. The minimum Gasteiger partial charge on any atom is -0.481 e. The molecule has 2 unspecified atom stereocenters. The molecule has 2 saturated heterocycles. The summed E-state index contributed by atoms with van der Waals surface area (Å²) in [6, 6.07) is 0. The summed E-state index contributed by atoms with van der Waals surface area (Å²) in [7, 11) is 1.53. The van der Waals surface area contributed by atoms with Crippen molar-refractivity contribution in [1.29, 1.82) is 0 Å². The van der Waals surface area contributed by atoms with E-state index >= 15 is 0 Å². The normalized spacial score (nSPS) is 26.2. The Morgan fingerprint density at radius 1 is 1.13 bits per heavy atom. The predicted octanol–water partition coefficient (Wildman–Crippen LogP) is 1.45. The van der Waals surface area contributed by atoms with Gasteiger partial charge in [0, 0.05) is 26.6 Å². The van der Waals surface area contributed by atoms with E-state index in [4.69, 9.17) is 9.84 Å². The van der Waals surface area contributed by atoms with Crippen molar-refractivity contribution in [2.24, 2.45) is 11.8 Å². The van der Waals surface area contributed by atoms with E-state index in [1.165, 1.54) is 26.4 Å². The number of carbonyl (C=O) groups is 2. The maximum Gasteiger partial charge on any atom is 0.303 e. The smallest absolute Gasteiger partial charge is 0.303 e. The number of carboxylic acid groups (broad SMARTS) is 1. The van der Waals surface area contributed by atoms with E-state index in [0.717, 1.165) is 32.5 Å². The zero-order valence-corrected chi connectivity index (χ0v) is 14.2. The maximum atomic E-state index is 12.1. The monoisotopic (exact) mass is 326 g/mol. The van der Waals surface area contributed by atoms with Gasteiger partial charge < -0.3 is 19.6 Å². The molecule has 0 radical (unpaired) electrons. The van der Waals surface area contributed by atoms with Gasteiger partial charge in [-0.25, -0.2) is 0 Å². The Bertz CT molecular complexity index is 396. The first-order valence-corrected chi connectivity index (χ1v) is 8.81. The average Bonchev–Trinajstić information content (AvgIpc) is 2.54. The van der Waals surface area contributed by atoms with Gasteiger partial charge >= 0.3 is 5.97 Å². The fraction of sp³-hybridized carbons (Fsp3) is 0.882. The van der Waals surface area contributed by atoms with Crippen LogP contribution in [-0.4, -0.2) is 73.2 Å². The summed E-state index contributed by atoms with van der Waals surface area (Å²) in [5.74, 6) is -0.245. The number of hydrogen-bond donors (Lipinski definition) is 1. The van der Waals surface area contributed by atoms with Gasteiger partial charge in [0.2, 0.25) is 5.91 Å². The second-order valence-electron chi connectivity index (χ2n) is 6.87. The van der Waals surface area contributed by atoms with Gasteiger partial charge in [-0.05, 0) is 57.2 Å². The van der Waals surface area contributed by atoms with Crippen molar-refractivity contribution in [1.82, 2.24) is 9.80 Å². The third-order valence-corrected chi connectivity index (χ3v) is 5.21. The van der Waals surface area contributed by atoms with Crippen LogP contribution in [-0.2, 0) is 14.3 Å². The second kappa shape index (κ2) is 9.23. The summed E-state index contributed by atoms with van der Waals surface area (Å²) < 4.78 is 4.95. The van der Waals surface area contributed by atoms with E-state index in [0.29, 0.717) is 13.1 Å². The van der Waals surface area contributed by atoms with Gasteiger partial charge in [0.25, 0.3) is 0 Å². The second-order valence-corrected chi connectivity index (χ2v) is 6.87. The molecule has 0 aromatic rings. The molecule has 0 aromatic heterocycles. The molecule has 0 saturated carbocycles. The first kappa shape index (κ1) is 18.2. The van der Waals surface area contributed by atoms with Crippen molar-refractivity contribution >= 4 is 11.9 Å². The van der Waals surface area contributed by atoms with E-state index in [1.54, 1.807) is 0 Å². The average molecular weight is 326 g/mol. The van der Waals surface area contributed by atoms with Gasteiger partial charge in [0.15, 0.2) is 0 Å². The molecule has 0 spiro atoms. The molecule has 0 aliphatic carbocycles. The van der Waals surface area contributed by atoms with Gasteiger partial charge in [0.1, 0.15) is 6.61 Å². The quantitative estimate of drug-likeness (QED) is 0.767. The molecule has 2 fully saturated rings. The maximum absolute atomic E-state index is 12.1. The molecule has 2 rings (SSSR count). The first-order valence-electron chi connectivity index (χ1n) is 8.81. The van der Waals surface area contributed by atoms with Crippen LogP contribution in [0.15, 0.2) is 0 Å². The van der Waals surface area contributed by atoms with Gasteiger partial charge in [-0.2, -0.15) is 0 Å². The van der Waals surface area contributed by atoms with E-state index in [1.807, 2.05) is 4.90 Å². The molecule has 1 amide bonds. The van der Waals surface area contributed by atoms with Crippen LogP contribution in [0.2, 0.25) is 0 Å². The van der Waals surface area contributed by atoms with Gasteiger partial charge in [-0.15, -0.1) is 0 Å². The van der Waals surface area contributed by atoms with Crippen LogP contribution in [0, 0.1) is 11.8 Å². The lowest BCUT2D eigenvalue weighted by Gasteiger charge is -2.39. The molecule has 6 nitrogen and oxygen atoms in total. The number of hydrogen-bond acceptors (Lipinski definition) is 4. The van der Waals surface area contributed by atoms with Crippen molar-refractivity contribution < 1.29 is 19.4 Å². The topological polar surface area (TPSA) is 70.1 Å².